The number of cyclic esters (lactones) is 1. The second-order valence-corrected chi connectivity index (χ2v) is 10.9. The Morgan fingerprint density at radius 2 is 1.68 bits per heavy atom. The van der Waals surface area contributed by atoms with Gasteiger partial charge in [0.2, 0.25) is 17.7 Å². The number of nitrogens with zero attached hydrogens (tertiary/aromatic N) is 3. The molecule has 0 spiro atoms. The molecule has 2 aliphatic heterocycles. The van der Waals surface area contributed by atoms with Crippen molar-refractivity contribution in [1.29, 1.82) is 0 Å². The molecular formula is C27H42N4O6. The zero-order chi connectivity index (χ0) is 27.3. The molecule has 3 aliphatic rings. The third kappa shape index (κ3) is 6.51. The summed E-state index contributed by atoms with van der Waals surface area (Å²) in [5.74, 6) is -2.59. The predicted molar refractivity (Wildman–Crippen MR) is 137 cm³/mol. The summed E-state index contributed by atoms with van der Waals surface area (Å²) >= 11 is 0. The highest BCUT2D eigenvalue weighted by Gasteiger charge is 2.44. The van der Waals surface area contributed by atoms with Crippen LogP contribution in [0.3, 0.4) is 0 Å². The minimum atomic E-state index is -1.15. The van der Waals surface area contributed by atoms with E-state index in [1.165, 1.54) is 34.9 Å². The number of likely N-dealkylation sites (N-methyl/N-ethyl adjacent to an activating group) is 2. The Balaban J connectivity index is 2.03. The van der Waals surface area contributed by atoms with E-state index in [2.05, 4.69) is 11.9 Å². The average molecular weight is 519 g/mol. The molecule has 10 nitrogen and oxygen atoms in total. The lowest BCUT2D eigenvalue weighted by molar-refractivity contribution is -0.165. The van der Waals surface area contributed by atoms with E-state index in [4.69, 9.17) is 4.74 Å². The van der Waals surface area contributed by atoms with Gasteiger partial charge in [0.25, 0.3) is 5.91 Å². The standard InChI is InChI=1S/C27H42N4O6/c1-6-11-20-25(34)29(4)16-21(32)30(5)23(17(2)3)24(33)28-22(18-12-8-7-9-13-18)26(35)31-15-10-14-19(31)27(36)37-20/h6,17-20,22-23H,1,7-16H2,2-5H3,(H,28,33)/t19-,20?,22-,23-/m0/s1. The van der Waals surface area contributed by atoms with Gasteiger partial charge in [0.05, 0.1) is 6.54 Å². The lowest BCUT2D eigenvalue weighted by Gasteiger charge is -2.37. The number of nitrogens with one attached hydrogen (secondary N) is 1. The van der Waals surface area contributed by atoms with Gasteiger partial charge in [-0.2, -0.15) is 0 Å². The monoisotopic (exact) mass is 518 g/mol. The maximum atomic E-state index is 13.9. The highest BCUT2D eigenvalue weighted by Crippen LogP contribution is 2.30. The lowest BCUT2D eigenvalue weighted by atomic mass is 9.83. The molecule has 206 valence electrons. The van der Waals surface area contributed by atoms with E-state index in [1.807, 2.05) is 13.8 Å². The molecule has 1 unspecified atom stereocenters. The van der Waals surface area contributed by atoms with Gasteiger partial charge in [-0.15, -0.1) is 6.58 Å². The maximum Gasteiger partial charge on any atom is 0.329 e. The average Bonchev–Trinajstić information content (AvgIpc) is 3.36. The molecule has 3 rings (SSSR count). The van der Waals surface area contributed by atoms with E-state index in [0.717, 1.165) is 32.1 Å². The molecular weight excluding hydrogens is 476 g/mol. The van der Waals surface area contributed by atoms with Gasteiger partial charge >= 0.3 is 5.97 Å². The van der Waals surface area contributed by atoms with Crippen molar-refractivity contribution in [2.24, 2.45) is 11.8 Å². The van der Waals surface area contributed by atoms with Crippen LogP contribution in [0.5, 0.6) is 0 Å². The minimum absolute atomic E-state index is 0.0480. The van der Waals surface area contributed by atoms with Crippen molar-refractivity contribution in [3.8, 4) is 0 Å². The zero-order valence-corrected chi connectivity index (χ0v) is 22.6. The van der Waals surface area contributed by atoms with E-state index in [1.54, 1.807) is 0 Å². The van der Waals surface area contributed by atoms with Crippen molar-refractivity contribution in [1.82, 2.24) is 20.0 Å². The summed E-state index contributed by atoms with van der Waals surface area (Å²) in [5, 5.41) is 2.99. The van der Waals surface area contributed by atoms with Crippen molar-refractivity contribution in [2.45, 2.75) is 89.4 Å². The Morgan fingerprint density at radius 1 is 1.00 bits per heavy atom. The van der Waals surface area contributed by atoms with Crippen LogP contribution in [0.1, 0.15) is 65.2 Å². The zero-order valence-electron chi connectivity index (χ0n) is 22.6. The number of ether oxygens (including phenoxy) is 1. The van der Waals surface area contributed by atoms with Gasteiger partial charge in [0.15, 0.2) is 6.10 Å². The van der Waals surface area contributed by atoms with E-state index in [0.29, 0.717) is 19.4 Å². The van der Waals surface area contributed by atoms with Crippen LogP contribution in [0.25, 0.3) is 0 Å². The first-order chi connectivity index (χ1) is 17.6. The second-order valence-electron chi connectivity index (χ2n) is 10.9. The summed E-state index contributed by atoms with van der Waals surface area (Å²) in [6.45, 7) is 7.45. The van der Waals surface area contributed by atoms with Crippen molar-refractivity contribution < 1.29 is 28.7 Å². The van der Waals surface area contributed by atoms with Crippen LogP contribution >= 0.6 is 0 Å². The molecule has 2 saturated heterocycles. The van der Waals surface area contributed by atoms with Crippen molar-refractivity contribution in [3.05, 3.63) is 12.7 Å². The third-order valence-electron chi connectivity index (χ3n) is 7.87. The molecule has 10 heteroatoms. The molecule has 0 aromatic carbocycles. The molecule has 4 atom stereocenters. The summed E-state index contributed by atoms with van der Waals surface area (Å²) in [6, 6.07) is -2.43. The fourth-order valence-corrected chi connectivity index (χ4v) is 5.83. The topological polar surface area (TPSA) is 116 Å². The number of esters is 1. The van der Waals surface area contributed by atoms with Crippen molar-refractivity contribution in [2.75, 3.05) is 27.2 Å². The smallest absolute Gasteiger partial charge is 0.329 e. The van der Waals surface area contributed by atoms with Gasteiger partial charge in [-0.25, -0.2) is 4.79 Å². The Bertz CT molecular complexity index is 899. The number of fused-ring (bicyclic) bond motifs is 1. The van der Waals surface area contributed by atoms with Crippen LogP contribution in [0.2, 0.25) is 0 Å². The van der Waals surface area contributed by atoms with Gasteiger partial charge in [0, 0.05) is 27.1 Å². The molecule has 1 saturated carbocycles. The molecule has 1 aliphatic carbocycles. The Hall–Kier alpha value is -2.91. The molecule has 37 heavy (non-hydrogen) atoms. The Kier molecular flexibility index (Phi) is 9.73. The third-order valence-corrected chi connectivity index (χ3v) is 7.87. The molecule has 0 aromatic heterocycles. The fourth-order valence-electron chi connectivity index (χ4n) is 5.83. The van der Waals surface area contributed by atoms with Crippen LogP contribution < -0.4 is 5.32 Å². The summed E-state index contributed by atoms with van der Waals surface area (Å²) in [7, 11) is 3.00. The van der Waals surface area contributed by atoms with Crippen LogP contribution in [0.15, 0.2) is 12.7 Å². The molecule has 3 fully saturated rings. The van der Waals surface area contributed by atoms with Gasteiger partial charge < -0.3 is 24.8 Å². The highest BCUT2D eigenvalue weighted by molar-refractivity contribution is 5.96. The van der Waals surface area contributed by atoms with Crippen LogP contribution in [0.4, 0.5) is 0 Å². The number of hydrogen-bond donors (Lipinski definition) is 1. The molecule has 2 heterocycles. The SMILES string of the molecule is C=CCC1OC(=O)[C@@H]2CCCN2C(=O)[C@H](C2CCCCC2)NC(=O)[C@H](C(C)C)N(C)C(=O)CN(C)C1=O. The Labute approximate surface area is 219 Å². The Morgan fingerprint density at radius 3 is 2.30 bits per heavy atom. The summed E-state index contributed by atoms with van der Waals surface area (Å²) in [6.07, 6.45) is 6.12. The molecule has 4 amide bonds. The van der Waals surface area contributed by atoms with E-state index >= 15 is 0 Å². The molecule has 0 aromatic rings. The second kappa shape index (κ2) is 12.6. The van der Waals surface area contributed by atoms with Gasteiger partial charge in [-0.05, 0) is 37.5 Å². The summed E-state index contributed by atoms with van der Waals surface area (Å²) in [4.78, 5) is 71.2. The summed E-state index contributed by atoms with van der Waals surface area (Å²) in [5.41, 5.74) is 0. The van der Waals surface area contributed by atoms with Crippen LogP contribution in [-0.4, -0.2) is 95.7 Å². The van der Waals surface area contributed by atoms with Crippen LogP contribution in [-0.2, 0) is 28.7 Å². The maximum absolute atomic E-state index is 13.9. The van der Waals surface area contributed by atoms with Gasteiger partial charge in [-0.1, -0.05) is 39.2 Å². The normalized spacial score (nSPS) is 29.5. The molecule has 0 bridgehead atoms. The van der Waals surface area contributed by atoms with Gasteiger partial charge in [0.1, 0.15) is 18.1 Å². The lowest BCUT2D eigenvalue weighted by Crippen LogP contribution is -2.59. The minimum Gasteiger partial charge on any atom is -0.450 e. The number of amides is 4. The first-order valence-corrected chi connectivity index (χ1v) is 13.5. The molecule has 1 N–H and O–H groups in total. The highest BCUT2D eigenvalue weighted by atomic mass is 16.5. The number of rotatable bonds is 4. The van der Waals surface area contributed by atoms with Crippen molar-refractivity contribution >= 4 is 29.6 Å². The quantitative estimate of drug-likeness (QED) is 0.445. The predicted octanol–water partition coefficient (Wildman–Crippen LogP) is 1.49. The fraction of sp³-hybridized carbons (Fsp3) is 0.741. The first kappa shape index (κ1) is 28.7. The van der Waals surface area contributed by atoms with E-state index in [9.17, 15) is 24.0 Å². The first-order valence-electron chi connectivity index (χ1n) is 13.5. The van der Waals surface area contributed by atoms with Crippen molar-refractivity contribution in [3.63, 3.8) is 0 Å². The van der Waals surface area contributed by atoms with E-state index < -0.39 is 47.9 Å². The number of carbonyl (C=O) groups is 5. The number of hydrogen-bond acceptors (Lipinski definition) is 6. The molecule has 0 radical (unpaired) electrons. The summed E-state index contributed by atoms with van der Waals surface area (Å²) < 4.78 is 5.63. The van der Waals surface area contributed by atoms with Gasteiger partial charge in [-0.3, -0.25) is 19.2 Å². The largest absolute Gasteiger partial charge is 0.450 e. The van der Waals surface area contributed by atoms with Crippen LogP contribution in [0, 0.1) is 11.8 Å². The number of carbonyl (C=O) groups excluding carboxylic acids is 5. The van der Waals surface area contributed by atoms with E-state index in [-0.39, 0.29) is 30.7 Å².